The Bertz CT molecular complexity index is 926. The summed E-state index contributed by atoms with van der Waals surface area (Å²) in [6, 6.07) is 2.48. The van der Waals surface area contributed by atoms with Gasteiger partial charge in [0.05, 0.1) is 22.5 Å². The quantitative estimate of drug-likeness (QED) is 0.775. The van der Waals surface area contributed by atoms with Gasteiger partial charge in [0.25, 0.3) is 5.91 Å². The molecule has 8 nitrogen and oxygen atoms in total. The van der Waals surface area contributed by atoms with Crippen molar-refractivity contribution in [2.24, 2.45) is 0 Å². The molecule has 130 valence electrons. The molecule has 0 radical (unpaired) electrons. The number of aromatic amines is 1. The number of hydrogen-bond acceptors (Lipinski definition) is 6. The Morgan fingerprint density at radius 2 is 2.00 bits per heavy atom. The van der Waals surface area contributed by atoms with Crippen molar-refractivity contribution in [1.82, 2.24) is 35.5 Å². The molecule has 9 heteroatoms. The molecular formula is C16H18FN7O. The molecule has 1 N–H and O–H groups in total. The SMILES string of the molecule is Cc1nc2cc(F)cc(C(=O)N(C)CC(C)c3nn[nH]n3)c2nc1C. The lowest BCUT2D eigenvalue weighted by Crippen LogP contribution is -2.31. The molecule has 0 aliphatic carbocycles. The molecule has 0 fully saturated rings. The van der Waals surface area contributed by atoms with Crippen molar-refractivity contribution >= 4 is 16.9 Å². The van der Waals surface area contributed by atoms with Gasteiger partial charge in [0.15, 0.2) is 5.82 Å². The van der Waals surface area contributed by atoms with E-state index in [9.17, 15) is 9.18 Å². The third-order valence-electron chi connectivity index (χ3n) is 4.07. The number of aryl methyl sites for hydroxylation is 2. The Morgan fingerprint density at radius 1 is 1.28 bits per heavy atom. The van der Waals surface area contributed by atoms with E-state index in [0.717, 1.165) is 0 Å². The highest BCUT2D eigenvalue weighted by atomic mass is 19.1. The Hall–Kier alpha value is -2.97. The van der Waals surface area contributed by atoms with Gasteiger partial charge in [-0.2, -0.15) is 5.21 Å². The van der Waals surface area contributed by atoms with Gasteiger partial charge in [0.1, 0.15) is 11.3 Å². The number of hydrogen-bond donors (Lipinski definition) is 1. The summed E-state index contributed by atoms with van der Waals surface area (Å²) in [6.07, 6.45) is 0. The summed E-state index contributed by atoms with van der Waals surface area (Å²) in [5, 5.41) is 13.7. The smallest absolute Gasteiger partial charge is 0.255 e. The molecule has 0 saturated carbocycles. The number of nitrogens with one attached hydrogen (secondary N) is 1. The van der Waals surface area contributed by atoms with E-state index in [0.29, 0.717) is 34.8 Å². The predicted molar refractivity (Wildman–Crippen MR) is 88.5 cm³/mol. The second-order valence-corrected chi connectivity index (χ2v) is 6.07. The van der Waals surface area contributed by atoms with Crippen molar-refractivity contribution in [2.75, 3.05) is 13.6 Å². The summed E-state index contributed by atoms with van der Waals surface area (Å²) < 4.78 is 14.0. The summed E-state index contributed by atoms with van der Waals surface area (Å²) >= 11 is 0. The van der Waals surface area contributed by atoms with Crippen molar-refractivity contribution in [2.45, 2.75) is 26.7 Å². The molecule has 3 aromatic rings. The van der Waals surface area contributed by atoms with Gasteiger partial charge in [-0.05, 0) is 19.9 Å². The maximum Gasteiger partial charge on any atom is 0.255 e. The lowest BCUT2D eigenvalue weighted by Gasteiger charge is -2.20. The fourth-order valence-corrected chi connectivity index (χ4v) is 2.62. The molecule has 2 heterocycles. The third-order valence-corrected chi connectivity index (χ3v) is 4.07. The van der Waals surface area contributed by atoms with Crippen LogP contribution >= 0.6 is 0 Å². The van der Waals surface area contributed by atoms with Gasteiger partial charge in [0.2, 0.25) is 0 Å². The minimum Gasteiger partial charge on any atom is -0.341 e. The number of carbonyl (C=O) groups is 1. The first-order valence-electron chi connectivity index (χ1n) is 7.80. The van der Waals surface area contributed by atoms with Crippen LogP contribution in [0, 0.1) is 19.7 Å². The molecule has 1 amide bonds. The van der Waals surface area contributed by atoms with E-state index in [1.54, 1.807) is 20.9 Å². The second-order valence-electron chi connectivity index (χ2n) is 6.07. The number of nitrogens with zero attached hydrogens (tertiary/aromatic N) is 6. The first-order valence-corrected chi connectivity index (χ1v) is 7.80. The molecule has 1 unspecified atom stereocenters. The van der Waals surface area contributed by atoms with Gasteiger partial charge in [-0.1, -0.05) is 12.1 Å². The van der Waals surface area contributed by atoms with Crippen LogP contribution in [0.1, 0.15) is 40.4 Å². The molecule has 1 atom stereocenters. The summed E-state index contributed by atoms with van der Waals surface area (Å²) in [6.45, 7) is 5.84. The zero-order valence-electron chi connectivity index (χ0n) is 14.4. The maximum absolute atomic E-state index is 14.0. The molecule has 0 bridgehead atoms. The van der Waals surface area contributed by atoms with Crippen LogP contribution in [0.3, 0.4) is 0 Å². The first kappa shape index (κ1) is 16.9. The molecule has 0 aliphatic heterocycles. The highest BCUT2D eigenvalue weighted by Gasteiger charge is 2.21. The van der Waals surface area contributed by atoms with Crippen LogP contribution in [-0.2, 0) is 0 Å². The van der Waals surface area contributed by atoms with E-state index >= 15 is 0 Å². The van der Waals surface area contributed by atoms with Crippen molar-refractivity contribution in [1.29, 1.82) is 0 Å². The zero-order chi connectivity index (χ0) is 18.1. The number of tetrazole rings is 1. The standard InChI is InChI=1S/C16H18FN7O/c1-8(15-20-22-23-21-15)7-24(4)16(25)12-5-11(17)6-13-14(12)19-10(3)9(2)18-13/h5-6,8H,7H2,1-4H3,(H,20,21,22,23). The molecule has 1 aromatic carbocycles. The molecular weight excluding hydrogens is 325 g/mol. The minimum absolute atomic E-state index is 0.123. The highest BCUT2D eigenvalue weighted by molar-refractivity contribution is 6.04. The van der Waals surface area contributed by atoms with Crippen LogP contribution in [0.25, 0.3) is 11.0 Å². The summed E-state index contributed by atoms with van der Waals surface area (Å²) in [4.78, 5) is 23.1. The van der Waals surface area contributed by atoms with E-state index in [1.165, 1.54) is 17.0 Å². The van der Waals surface area contributed by atoms with Crippen LogP contribution in [0.5, 0.6) is 0 Å². The van der Waals surface area contributed by atoms with Gasteiger partial charge in [-0.15, -0.1) is 10.2 Å². The van der Waals surface area contributed by atoms with Crippen LogP contribution in [0.4, 0.5) is 4.39 Å². The number of halogens is 1. The van der Waals surface area contributed by atoms with E-state index in [4.69, 9.17) is 0 Å². The fourth-order valence-electron chi connectivity index (χ4n) is 2.62. The Labute approximate surface area is 143 Å². The van der Waals surface area contributed by atoms with Gasteiger partial charge < -0.3 is 4.90 Å². The monoisotopic (exact) mass is 343 g/mol. The van der Waals surface area contributed by atoms with Crippen molar-refractivity contribution in [3.63, 3.8) is 0 Å². The Kier molecular flexibility index (Phi) is 4.39. The number of likely N-dealkylation sites (N-methyl/N-ethyl adjacent to an activating group) is 1. The van der Waals surface area contributed by atoms with E-state index in [2.05, 4.69) is 30.6 Å². The summed E-state index contributed by atoms with van der Waals surface area (Å²) in [7, 11) is 1.64. The molecule has 0 saturated heterocycles. The van der Waals surface area contributed by atoms with Crippen LogP contribution in [0.15, 0.2) is 12.1 Å². The highest BCUT2D eigenvalue weighted by Crippen LogP contribution is 2.21. The Morgan fingerprint density at radius 3 is 2.68 bits per heavy atom. The van der Waals surface area contributed by atoms with Gasteiger partial charge in [0, 0.05) is 25.6 Å². The van der Waals surface area contributed by atoms with Gasteiger partial charge in [-0.3, -0.25) is 4.79 Å². The lowest BCUT2D eigenvalue weighted by molar-refractivity contribution is 0.0788. The van der Waals surface area contributed by atoms with Crippen LogP contribution in [-0.4, -0.2) is 55.0 Å². The third kappa shape index (κ3) is 3.30. The van der Waals surface area contributed by atoms with E-state index in [1.807, 2.05) is 6.92 Å². The summed E-state index contributed by atoms with van der Waals surface area (Å²) in [5.41, 5.74) is 2.36. The number of fused-ring (bicyclic) bond motifs is 1. The van der Waals surface area contributed by atoms with Gasteiger partial charge in [-0.25, -0.2) is 14.4 Å². The topological polar surface area (TPSA) is 101 Å². The van der Waals surface area contributed by atoms with Crippen molar-refractivity contribution in [3.05, 3.63) is 40.7 Å². The van der Waals surface area contributed by atoms with Crippen LogP contribution in [0.2, 0.25) is 0 Å². The number of benzene rings is 1. The number of aromatic nitrogens is 6. The number of H-pyrrole nitrogens is 1. The van der Waals surface area contributed by atoms with Gasteiger partial charge >= 0.3 is 0 Å². The average Bonchev–Trinajstić information content (AvgIpc) is 3.09. The predicted octanol–water partition coefficient (Wildman–Crippen LogP) is 1.77. The van der Waals surface area contributed by atoms with Crippen molar-refractivity contribution in [3.8, 4) is 0 Å². The fraction of sp³-hybridized carbons (Fsp3) is 0.375. The minimum atomic E-state index is -0.520. The molecule has 0 spiro atoms. The van der Waals surface area contributed by atoms with Crippen LogP contribution < -0.4 is 0 Å². The molecule has 2 aromatic heterocycles. The average molecular weight is 343 g/mol. The number of rotatable bonds is 4. The van der Waals surface area contributed by atoms with E-state index < -0.39 is 5.82 Å². The largest absolute Gasteiger partial charge is 0.341 e. The second kappa shape index (κ2) is 6.50. The lowest BCUT2D eigenvalue weighted by atomic mass is 10.1. The normalized spacial score (nSPS) is 12.4. The molecule has 0 aliphatic rings. The Balaban J connectivity index is 1.94. The molecule has 25 heavy (non-hydrogen) atoms. The van der Waals surface area contributed by atoms with E-state index in [-0.39, 0.29) is 17.4 Å². The first-order chi connectivity index (χ1) is 11.9. The zero-order valence-corrected chi connectivity index (χ0v) is 14.4. The number of amides is 1. The summed E-state index contributed by atoms with van der Waals surface area (Å²) in [5.74, 6) is -0.469. The maximum atomic E-state index is 14.0. The van der Waals surface area contributed by atoms with Crippen molar-refractivity contribution < 1.29 is 9.18 Å². The number of carbonyl (C=O) groups excluding carboxylic acids is 1. The molecule has 3 rings (SSSR count).